The molecule has 0 amide bonds. The van der Waals surface area contributed by atoms with E-state index in [0.717, 1.165) is 12.5 Å². The Balaban J connectivity index is 1.71. The third-order valence-corrected chi connectivity index (χ3v) is 3.40. The fraction of sp³-hybridized carbons (Fsp3) is 0.818. The Labute approximate surface area is 79.9 Å². The van der Waals surface area contributed by atoms with Gasteiger partial charge in [-0.3, -0.25) is 0 Å². The maximum absolute atomic E-state index is 5.91. The molecule has 74 valence electrons. The van der Waals surface area contributed by atoms with Crippen molar-refractivity contribution in [2.45, 2.75) is 37.7 Å². The summed E-state index contributed by atoms with van der Waals surface area (Å²) < 4.78 is 10.9. The molecule has 0 spiro atoms. The predicted octanol–water partition coefficient (Wildman–Crippen LogP) is 2.50. The fourth-order valence-corrected chi connectivity index (χ4v) is 2.73. The Bertz CT molecular complexity index is 181. The van der Waals surface area contributed by atoms with Crippen molar-refractivity contribution in [2.24, 2.45) is 5.92 Å². The van der Waals surface area contributed by atoms with Crippen LogP contribution in [0.5, 0.6) is 0 Å². The van der Waals surface area contributed by atoms with E-state index in [1.54, 1.807) is 0 Å². The molecule has 2 fully saturated rings. The van der Waals surface area contributed by atoms with E-state index >= 15 is 0 Å². The zero-order valence-corrected chi connectivity index (χ0v) is 8.13. The lowest BCUT2D eigenvalue weighted by atomic mass is 9.97. The van der Waals surface area contributed by atoms with Crippen molar-refractivity contribution in [2.75, 3.05) is 13.2 Å². The van der Waals surface area contributed by atoms with E-state index < -0.39 is 0 Å². The lowest BCUT2D eigenvalue weighted by molar-refractivity contribution is -0.0518. The van der Waals surface area contributed by atoms with E-state index in [-0.39, 0.29) is 5.60 Å². The van der Waals surface area contributed by atoms with Gasteiger partial charge in [-0.15, -0.1) is 0 Å². The quantitative estimate of drug-likeness (QED) is 0.480. The lowest BCUT2D eigenvalue weighted by Crippen LogP contribution is -2.28. The first-order valence-corrected chi connectivity index (χ1v) is 5.21. The van der Waals surface area contributed by atoms with Gasteiger partial charge in [-0.05, 0) is 38.0 Å². The Morgan fingerprint density at radius 2 is 2.08 bits per heavy atom. The Hall–Kier alpha value is -0.500. The Morgan fingerprint density at radius 3 is 2.62 bits per heavy atom. The molecule has 0 heterocycles. The standard InChI is InChI=1S/C11H18O2/c1-2-12-7-8-13-11-5-3-10(9-11)4-6-11/h2,10H,1,3-9H2. The van der Waals surface area contributed by atoms with Gasteiger partial charge in [-0.2, -0.15) is 0 Å². The summed E-state index contributed by atoms with van der Waals surface area (Å²) in [5.74, 6) is 0.959. The summed E-state index contributed by atoms with van der Waals surface area (Å²) in [7, 11) is 0. The van der Waals surface area contributed by atoms with E-state index in [9.17, 15) is 0 Å². The summed E-state index contributed by atoms with van der Waals surface area (Å²) in [6.07, 6.45) is 8.07. The first kappa shape index (κ1) is 9.07. The van der Waals surface area contributed by atoms with Crippen LogP contribution in [0.15, 0.2) is 12.8 Å². The topological polar surface area (TPSA) is 18.5 Å². The second-order valence-electron chi connectivity index (χ2n) is 4.22. The molecule has 0 N–H and O–H groups in total. The summed E-state index contributed by atoms with van der Waals surface area (Å²) in [4.78, 5) is 0. The molecule has 0 radical (unpaired) electrons. The highest BCUT2D eigenvalue weighted by Crippen LogP contribution is 2.49. The van der Waals surface area contributed by atoms with Gasteiger partial charge in [0.2, 0.25) is 0 Å². The number of hydrogen-bond donors (Lipinski definition) is 0. The van der Waals surface area contributed by atoms with Crippen LogP contribution >= 0.6 is 0 Å². The van der Waals surface area contributed by atoms with Crippen LogP contribution in [0.3, 0.4) is 0 Å². The smallest absolute Gasteiger partial charge is 0.111 e. The molecular formula is C11H18O2. The van der Waals surface area contributed by atoms with Gasteiger partial charge in [-0.1, -0.05) is 6.58 Å². The van der Waals surface area contributed by atoms with E-state index in [0.29, 0.717) is 6.61 Å². The highest BCUT2D eigenvalue weighted by atomic mass is 16.5. The third kappa shape index (κ3) is 1.88. The van der Waals surface area contributed by atoms with Crippen molar-refractivity contribution < 1.29 is 9.47 Å². The van der Waals surface area contributed by atoms with Crippen LogP contribution in [0, 0.1) is 5.92 Å². The van der Waals surface area contributed by atoms with Crippen LogP contribution in [0.25, 0.3) is 0 Å². The molecule has 0 aromatic heterocycles. The Kier molecular flexibility index (Phi) is 2.58. The average Bonchev–Trinajstić information content (AvgIpc) is 2.72. The first-order chi connectivity index (χ1) is 6.35. The molecule has 0 saturated heterocycles. The van der Waals surface area contributed by atoms with E-state index in [2.05, 4.69) is 6.58 Å². The predicted molar refractivity (Wildman–Crippen MR) is 51.4 cm³/mol. The molecule has 2 bridgehead atoms. The lowest BCUT2D eigenvalue weighted by Gasteiger charge is -2.26. The third-order valence-electron chi connectivity index (χ3n) is 3.40. The van der Waals surface area contributed by atoms with Crippen LogP contribution in [0.4, 0.5) is 0 Å². The zero-order chi connectivity index (χ0) is 9.15. The summed E-state index contributed by atoms with van der Waals surface area (Å²) in [6, 6.07) is 0. The highest BCUT2D eigenvalue weighted by Gasteiger charge is 2.45. The minimum Gasteiger partial charge on any atom is -0.499 e. The van der Waals surface area contributed by atoms with Crippen molar-refractivity contribution in [3.63, 3.8) is 0 Å². The van der Waals surface area contributed by atoms with Crippen LogP contribution in [0.2, 0.25) is 0 Å². The zero-order valence-electron chi connectivity index (χ0n) is 8.13. The van der Waals surface area contributed by atoms with Crippen molar-refractivity contribution in [3.05, 3.63) is 12.8 Å². The monoisotopic (exact) mass is 182 g/mol. The van der Waals surface area contributed by atoms with Gasteiger partial charge in [0, 0.05) is 0 Å². The molecule has 0 unspecified atom stereocenters. The van der Waals surface area contributed by atoms with Gasteiger partial charge in [0.15, 0.2) is 0 Å². The summed E-state index contributed by atoms with van der Waals surface area (Å²) in [6.45, 7) is 4.87. The molecule has 2 nitrogen and oxygen atoms in total. The van der Waals surface area contributed by atoms with Gasteiger partial charge in [0.1, 0.15) is 6.61 Å². The van der Waals surface area contributed by atoms with Crippen LogP contribution in [0.1, 0.15) is 32.1 Å². The van der Waals surface area contributed by atoms with Crippen molar-refractivity contribution in [1.82, 2.24) is 0 Å². The Morgan fingerprint density at radius 1 is 1.31 bits per heavy atom. The van der Waals surface area contributed by atoms with Crippen LogP contribution in [-0.4, -0.2) is 18.8 Å². The van der Waals surface area contributed by atoms with Gasteiger partial charge in [-0.25, -0.2) is 0 Å². The average molecular weight is 182 g/mol. The molecule has 2 heteroatoms. The van der Waals surface area contributed by atoms with Gasteiger partial charge >= 0.3 is 0 Å². The molecule has 2 rings (SSSR count). The van der Waals surface area contributed by atoms with Crippen molar-refractivity contribution in [1.29, 1.82) is 0 Å². The van der Waals surface area contributed by atoms with Gasteiger partial charge in [0.05, 0.1) is 18.5 Å². The maximum atomic E-state index is 5.91. The van der Waals surface area contributed by atoms with Gasteiger partial charge < -0.3 is 9.47 Å². The summed E-state index contributed by atoms with van der Waals surface area (Å²) in [5, 5.41) is 0. The second-order valence-corrected chi connectivity index (χ2v) is 4.22. The normalized spacial score (nSPS) is 36.5. The molecule has 0 aromatic carbocycles. The molecule has 2 aliphatic carbocycles. The molecule has 2 saturated carbocycles. The second kappa shape index (κ2) is 3.70. The molecule has 13 heavy (non-hydrogen) atoms. The van der Waals surface area contributed by atoms with Gasteiger partial charge in [0.25, 0.3) is 0 Å². The number of ether oxygens (including phenoxy) is 2. The molecule has 2 aliphatic rings. The minimum atomic E-state index is 0.245. The van der Waals surface area contributed by atoms with Crippen molar-refractivity contribution >= 4 is 0 Å². The summed E-state index contributed by atoms with van der Waals surface area (Å²) >= 11 is 0. The number of hydrogen-bond acceptors (Lipinski definition) is 2. The minimum absolute atomic E-state index is 0.245. The largest absolute Gasteiger partial charge is 0.499 e. The molecule has 0 atom stereocenters. The number of fused-ring (bicyclic) bond motifs is 2. The molecule has 0 aromatic rings. The molecular weight excluding hydrogens is 164 g/mol. The fourth-order valence-electron chi connectivity index (χ4n) is 2.73. The van der Waals surface area contributed by atoms with E-state index in [1.165, 1.54) is 38.4 Å². The molecule has 0 aliphatic heterocycles. The summed E-state index contributed by atoms with van der Waals surface area (Å²) in [5.41, 5.74) is 0.245. The SMILES string of the molecule is C=COCCOC12CCC(CC1)C2. The van der Waals surface area contributed by atoms with Crippen LogP contribution in [-0.2, 0) is 9.47 Å². The highest BCUT2D eigenvalue weighted by molar-refractivity contribution is 4.97. The maximum Gasteiger partial charge on any atom is 0.111 e. The number of rotatable bonds is 5. The van der Waals surface area contributed by atoms with Crippen LogP contribution < -0.4 is 0 Å². The van der Waals surface area contributed by atoms with E-state index in [4.69, 9.17) is 9.47 Å². The van der Waals surface area contributed by atoms with E-state index in [1.807, 2.05) is 0 Å². The van der Waals surface area contributed by atoms with Crippen molar-refractivity contribution in [3.8, 4) is 0 Å². The first-order valence-electron chi connectivity index (χ1n) is 5.21.